The number of aromatic nitrogens is 4. The van der Waals surface area contributed by atoms with Gasteiger partial charge in [0.2, 0.25) is 0 Å². The Bertz CT molecular complexity index is 810. The van der Waals surface area contributed by atoms with Crippen molar-refractivity contribution in [2.45, 2.75) is 11.5 Å². The Balaban J connectivity index is 1.59. The molecule has 0 fully saturated rings. The maximum absolute atomic E-state index is 11.6. The third-order valence-electron chi connectivity index (χ3n) is 3.25. The van der Waals surface area contributed by atoms with Gasteiger partial charge in [-0.15, -0.1) is 5.10 Å². The second-order valence-electron chi connectivity index (χ2n) is 4.97. The molecule has 0 aliphatic rings. The third-order valence-corrected chi connectivity index (χ3v) is 4.29. The highest BCUT2D eigenvalue weighted by molar-refractivity contribution is 7.97. The zero-order valence-electron chi connectivity index (χ0n) is 12.2. The van der Waals surface area contributed by atoms with Gasteiger partial charge >= 0.3 is 0 Å². The highest BCUT2D eigenvalue weighted by atomic mass is 32.2. The molecule has 2 aromatic heterocycles. The monoisotopic (exact) mass is 312 g/mol. The summed E-state index contributed by atoms with van der Waals surface area (Å²) in [5.41, 5.74) is 2.98. The number of para-hydroxylation sites is 1. The zero-order chi connectivity index (χ0) is 15.4. The van der Waals surface area contributed by atoms with Crippen LogP contribution in [-0.2, 0) is 18.6 Å². The van der Waals surface area contributed by atoms with Crippen LogP contribution in [-0.4, -0.2) is 19.6 Å². The van der Waals surface area contributed by atoms with Crippen LogP contribution >= 0.6 is 11.8 Å². The van der Waals surface area contributed by atoms with Gasteiger partial charge in [0, 0.05) is 30.8 Å². The average molecular weight is 312 g/mol. The van der Waals surface area contributed by atoms with Gasteiger partial charge < -0.3 is 4.57 Å². The molecule has 0 N–H and O–H groups in total. The zero-order valence-corrected chi connectivity index (χ0v) is 13.0. The van der Waals surface area contributed by atoms with Crippen LogP contribution in [0.5, 0.6) is 0 Å². The molecule has 3 aromatic rings. The van der Waals surface area contributed by atoms with Gasteiger partial charge in [-0.3, -0.25) is 4.79 Å². The fourth-order valence-corrected chi connectivity index (χ4v) is 2.88. The first-order valence-corrected chi connectivity index (χ1v) is 8.08. The maximum Gasteiger partial charge on any atom is 0.250 e. The van der Waals surface area contributed by atoms with Crippen LogP contribution in [0.25, 0.3) is 5.69 Å². The minimum Gasteiger partial charge on any atom is -0.319 e. The number of thioether (sulfide) groups is 1. The van der Waals surface area contributed by atoms with Gasteiger partial charge in [0.1, 0.15) is 0 Å². The predicted molar refractivity (Wildman–Crippen MR) is 88.0 cm³/mol. The lowest BCUT2D eigenvalue weighted by molar-refractivity contribution is 0.800. The molecule has 0 aliphatic carbocycles. The van der Waals surface area contributed by atoms with Crippen LogP contribution in [0.3, 0.4) is 0 Å². The van der Waals surface area contributed by atoms with Gasteiger partial charge in [-0.25, -0.2) is 4.68 Å². The summed E-state index contributed by atoms with van der Waals surface area (Å²) in [5, 5.41) is 8.32. The third kappa shape index (κ3) is 3.46. The molecule has 0 atom stereocenters. The van der Waals surface area contributed by atoms with Crippen LogP contribution in [0.2, 0.25) is 0 Å². The van der Waals surface area contributed by atoms with Crippen molar-refractivity contribution in [3.05, 3.63) is 76.5 Å². The standard InChI is InChI=1S/C16H16N4OS/c1-19-8-7-13(9-16(19)21)11-22-12-14-10-20(18-17-14)15-5-3-2-4-6-15/h2-10H,11-12H2,1H3. The Morgan fingerprint density at radius 3 is 2.73 bits per heavy atom. The van der Waals surface area contributed by atoms with E-state index in [0.29, 0.717) is 0 Å². The van der Waals surface area contributed by atoms with Crippen molar-refractivity contribution in [1.82, 2.24) is 19.6 Å². The minimum atomic E-state index is 0.0214. The van der Waals surface area contributed by atoms with Crippen molar-refractivity contribution >= 4 is 11.8 Å². The number of aryl methyl sites for hydroxylation is 1. The van der Waals surface area contributed by atoms with Gasteiger partial charge in [0.25, 0.3) is 5.56 Å². The van der Waals surface area contributed by atoms with E-state index in [9.17, 15) is 4.79 Å². The summed E-state index contributed by atoms with van der Waals surface area (Å²) in [4.78, 5) is 11.6. The van der Waals surface area contributed by atoms with Gasteiger partial charge in [-0.05, 0) is 23.8 Å². The number of hydrogen-bond acceptors (Lipinski definition) is 4. The van der Waals surface area contributed by atoms with Crippen molar-refractivity contribution in [3.63, 3.8) is 0 Å². The summed E-state index contributed by atoms with van der Waals surface area (Å²) in [7, 11) is 1.75. The van der Waals surface area contributed by atoms with E-state index in [1.165, 1.54) is 0 Å². The topological polar surface area (TPSA) is 52.7 Å². The van der Waals surface area contributed by atoms with Crippen LogP contribution < -0.4 is 5.56 Å². The van der Waals surface area contributed by atoms with Crippen molar-refractivity contribution < 1.29 is 0 Å². The Hall–Kier alpha value is -2.34. The van der Waals surface area contributed by atoms with Crippen molar-refractivity contribution in [2.24, 2.45) is 7.05 Å². The SMILES string of the molecule is Cn1ccc(CSCc2cn(-c3ccccc3)nn2)cc1=O. The van der Waals surface area contributed by atoms with Crippen molar-refractivity contribution in [2.75, 3.05) is 0 Å². The molecule has 6 heteroatoms. The summed E-state index contributed by atoms with van der Waals surface area (Å²) in [6.07, 6.45) is 3.73. The van der Waals surface area contributed by atoms with E-state index < -0.39 is 0 Å². The largest absolute Gasteiger partial charge is 0.319 e. The lowest BCUT2D eigenvalue weighted by Gasteiger charge is -2.01. The Morgan fingerprint density at radius 2 is 1.95 bits per heavy atom. The highest BCUT2D eigenvalue weighted by Crippen LogP contribution is 2.16. The Kier molecular flexibility index (Phi) is 4.39. The molecule has 0 aliphatic heterocycles. The first kappa shape index (κ1) is 14.6. The smallest absolute Gasteiger partial charge is 0.250 e. The summed E-state index contributed by atoms with van der Waals surface area (Å²) in [5.74, 6) is 1.55. The first-order valence-electron chi connectivity index (χ1n) is 6.92. The molecule has 2 heterocycles. The van der Waals surface area contributed by atoms with E-state index in [0.717, 1.165) is 28.5 Å². The molecular formula is C16H16N4OS. The van der Waals surface area contributed by atoms with E-state index in [1.54, 1.807) is 40.3 Å². The molecule has 0 saturated carbocycles. The normalized spacial score (nSPS) is 10.8. The van der Waals surface area contributed by atoms with E-state index in [1.807, 2.05) is 42.6 Å². The number of hydrogen-bond donors (Lipinski definition) is 0. The van der Waals surface area contributed by atoms with E-state index >= 15 is 0 Å². The summed E-state index contributed by atoms with van der Waals surface area (Å²) in [6.45, 7) is 0. The summed E-state index contributed by atoms with van der Waals surface area (Å²) < 4.78 is 3.34. The molecule has 5 nitrogen and oxygen atoms in total. The molecule has 0 spiro atoms. The summed E-state index contributed by atoms with van der Waals surface area (Å²) >= 11 is 1.72. The number of nitrogens with zero attached hydrogens (tertiary/aromatic N) is 4. The van der Waals surface area contributed by atoms with Crippen molar-refractivity contribution in [1.29, 1.82) is 0 Å². The van der Waals surface area contributed by atoms with Gasteiger partial charge in [-0.1, -0.05) is 23.4 Å². The molecule has 0 radical (unpaired) electrons. The molecule has 0 bridgehead atoms. The fraction of sp³-hybridized carbons (Fsp3) is 0.188. The van der Waals surface area contributed by atoms with Crippen LogP contribution in [0.15, 0.2) is 59.7 Å². The molecule has 1 aromatic carbocycles. The quantitative estimate of drug-likeness (QED) is 0.726. The van der Waals surface area contributed by atoms with Gasteiger partial charge in [-0.2, -0.15) is 11.8 Å². The molecular weight excluding hydrogens is 296 g/mol. The molecule has 0 unspecified atom stereocenters. The van der Waals surface area contributed by atoms with Crippen LogP contribution in [0, 0.1) is 0 Å². The lowest BCUT2D eigenvalue weighted by atomic mass is 10.3. The molecule has 22 heavy (non-hydrogen) atoms. The van der Waals surface area contributed by atoms with E-state index in [4.69, 9.17) is 0 Å². The highest BCUT2D eigenvalue weighted by Gasteiger charge is 2.03. The van der Waals surface area contributed by atoms with Crippen molar-refractivity contribution in [3.8, 4) is 5.69 Å². The molecule has 112 valence electrons. The molecule has 0 amide bonds. The second-order valence-corrected chi connectivity index (χ2v) is 5.95. The Morgan fingerprint density at radius 1 is 1.14 bits per heavy atom. The van der Waals surface area contributed by atoms with Gasteiger partial charge in [0.15, 0.2) is 0 Å². The number of rotatable bonds is 5. The van der Waals surface area contributed by atoms with E-state index in [-0.39, 0.29) is 5.56 Å². The minimum absolute atomic E-state index is 0.0214. The lowest BCUT2D eigenvalue weighted by Crippen LogP contribution is -2.14. The van der Waals surface area contributed by atoms with Crippen LogP contribution in [0.4, 0.5) is 0 Å². The average Bonchev–Trinajstić information content (AvgIpc) is 3.01. The summed E-state index contributed by atoms with van der Waals surface area (Å²) in [6, 6.07) is 13.5. The van der Waals surface area contributed by atoms with Crippen LogP contribution in [0.1, 0.15) is 11.3 Å². The Labute approximate surface area is 132 Å². The predicted octanol–water partition coefficient (Wildman–Crippen LogP) is 2.40. The first-order chi connectivity index (χ1) is 10.7. The second kappa shape index (κ2) is 6.62. The number of benzene rings is 1. The fourth-order valence-electron chi connectivity index (χ4n) is 2.02. The van der Waals surface area contributed by atoms with Gasteiger partial charge in [0.05, 0.1) is 17.6 Å². The molecule has 0 saturated heterocycles. The number of pyridine rings is 1. The maximum atomic E-state index is 11.6. The van der Waals surface area contributed by atoms with E-state index in [2.05, 4.69) is 10.3 Å². The molecule has 3 rings (SSSR count).